The smallest absolute Gasteiger partial charge is 0.364 e. The largest absolute Gasteiger partial charge is 0.414 e. The molecule has 0 radical (unpaired) electrons. The summed E-state index contributed by atoms with van der Waals surface area (Å²) in [5.74, 6) is 0. The molecule has 0 fully saturated rings. The topological polar surface area (TPSA) is 21.3 Å². The number of likely N-dealkylation sites (N-methyl/N-ethyl adjacent to an activating group) is 1. The number of rotatable bonds is 3. The molecule has 112 valence electrons. The summed E-state index contributed by atoms with van der Waals surface area (Å²) in [7, 11) is 1.77. The van der Waals surface area contributed by atoms with Crippen LogP contribution in [0.15, 0.2) is 24.3 Å². The van der Waals surface area contributed by atoms with Gasteiger partial charge in [0.2, 0.25) is 0 Å². The highest BCUT2D eigenvalue weighted by Crippen LogP contribution is 2.33. The third-order valence-electron chi connectivity index (χ3n) is 3.85. The van der Waals surface area contributed by atoms with Gasteiger partial charge in [-0.2, -0.15) is 13.2 Å². The van der Waals surface area contributed by atoms with Crippen molar-refractivity contribution in [1.82, 2.24) is 5.32 Å². The first-order valence-electron chi connectivity index (χ1n) is 6.90. The lowest BCUT2D eigenvalue weighted by atomic mass is 9.97. The zero-order valence-corrected chi connectivity index (χ0v) is 11.7. The van der Waals surface area contributed by atoms with Gasteiger partial charge in [-0.3, -0.25) is 0 Å². The van der Waals surface area contributed by atoms with E-state index in [4.69, 9.17) is 4.74 Å². The number of halogens is 3. The minimum absolute atomic E-state index is 0.196. The molecule has 0 saturated heterocycles. The first-order valence-corrected chi connectivity index (χ1v) is 6.90. The lowest BCUT2D eigenvalue weighted by Crippen LogP contribution is -2.38. The molecule has 0 spiro atoms. The molecule has 1 N–H and O–H groups in total. The van der Waals surface area contributed by atoms with Crippen LogP contribution in [0.25, 0.3) is 0 Å². The van der Waals surface area contributed by atoms with Crippen LogP contribution in [0.1, 0.15) is 36.9 Å². The van der Waals surface area contributed by atoms with E-state index in [1.807, 2.05) is 24.3 Å². The fourth-order valence-electron chi connectivity index (χ4n) is 2.75. The second-order valence-electron chi connectivity index (χ2n) is 5.22. The Morgan fingerprint density at radius 2 is 2.00 bits per heavy atom. The number of hydrogen-bond donors (Lipinski definition) is 1. The van der Waals surface area contributed by atoms with E-state index in [1.54, 1.807) is 7.05 Å². The standard InChI is InChI=1S/C15H20F3NO/c1-10(15(16,17)18)20-13-9-5-7-11-6-3-4-8-12(11)14(13)19-2/h3-4,6,8,10,13-14,19H,5,7,9H2,1-2H3. The second-order valence-corrected chi connectivity index (χ2v) is 5.22. The Bertz CT molecular complexity index is 447. The van der Waals surface area contributed by atoms with E-state index in [9.17, 15) is 13.2 Å². The second kappa shape index (κ2) is 6.14. The molecule has 0 aliphatic heterocycles. The molecule has 0 saturated carbocycles. The first-order chi connectivity index (χ1) is 9.43. The molecule has 1 aliphatic rings. The average Bonchev–Trinajstić information content (AvgIpc) is 2.56. The Labute approximate surface area is 117 Å². The summed E-state index contributed by atoms with van der Waals surface area (Å²) in [6.45, 7) is 1.07. The fraction of sp³-hybridized carbons (Fsp3) is 0.600. The number of alkyl halides is 3. The maximum atomic E-state index is 12.7. The summed E-state index contributed by atoms with van der Waals surface area (Å²) in [6, 6.07) is 7.69. The summed E-state index contributed by atoms with van der Waals surface area (Å²) in [5, 5.41) is 3.11. The monoisotopic (exact) mass is 287 g/mol. The Morgan fingerprint density at radius 3 is 2.65 bits per heavy atom. The molecule has 1 aromatic rings. The van der Waals surface area contributed by atoms with Crippen LogP contribution in [0.2, 0.25) is 0 Å². The molecule has 0 amide bonds. The molecule has 3 atom stereocenters. The van der Waals surface area contributed by atoms with E-state index in [-0.39, 0.29) is 6.04 Å². The van der Waals surface area contributed by atoms with Crippen LogP contribution in [0, 0.1) is 0 Å². The van der Waals surface area contributed by atoms with Crippen LogP contribution in [0.3, 0.4) is 0 Å². The molecule has 0 heterocycles. The zero-order valence-electron chi connectivity index (χ0n) is 11.7. The Kier molecular flexibility index (Phi) is 4.70. The molecule has 2 rings (SSSR count). The van der Waals surface area contributed by atoms with Crippen molar-refractivity contribution in [2.24, 2.45) is 0 Å². The van der Waals surface area contributed by atoms with E-state index in [0.717, 1.165) is 25.3 Å². The minimum Gasteiger partial charge on any atom is -0.364 e. The summed E-state index contributed by atoms with van der Waals surface area (Å²) in [4.78, 5) is 0. The molecule has 0 bridgehead atoms. The van der Waals surface area contributed by atoms with E-state index >= 15 is 0 Å². The number of hydrogen-bond acceptors (Lipinski definition) is 2. The van der Waals surface area contributed by atoms with Crippen molar-refractivity contribution >= 4 is 0 Å². The van der Waals surface area contributed by atoms with Crippen molar-refractivity contribution in [3.8, 4) is 0 Å². The van der Waals surface area contributed by atoms with Gasteiger partial charge in [0, 0.05) is 0 Å². The summed E-state index contributed by atoms with van der Waals surface area (Å²) in [6.07, 6.45) is -4.17. The van der Waals surface area contributed by atoms with Gasteiger partial charge >= 0.3 is 6.18 Å². The highest BCUT2D eigenvalue weighted by Gasteiger charge is 2.40. The van der Waals surface area contributed by atoms with Crippen molar-refractivity contribution in [1.29, 1.82) is 0 Å². The molecule has 1 aliphatic carbocycles. The fourth-order valence-corrected chi connectivity index (χ4v) is 2.75. The summed E-state index contributed by atoms with van der Waals surface area (Å²) < 4.78 is 43.4. The van der Waals surface area contributed by atoms with Crippen molar-refractivity contribution in [2.75, 3.05) is 7.05 Å². The van der Waals surface area contributed by atoms with Gasteiger partial charge in [-0.1, -0.05) is 24.3 Å². The normalized spacial score (nSPS) is 24.9. The van der Waals surface area contributed by atoms with E-state index < -0.39 is 18.4 Å². The van der Waals surface area contributed by atoms with Crippen LogP contribution < -0.4 is 5.32 Å². The quantitative estimate of drug-likeness (QED) is 0.857. The SMILES string of the molecule is CNC1c2ccccc2CCCC1OC(C)C(F)(F)F. The Hall–Kier alpha value is -1.07. The predicted octanol–water partition coefficient (Wildman–Crippen LogP) is 3.62. The maximum absolute atomic E-state index is 12.7. The van der Waals surface area contributed by atoms with Crippen molar-refractivity contribution in [3.05, 3.63) is 35.4 Å². The molecular weight excluding hydrogens is 267 g/mol. The van der Waals surface area contributed by atoms with E-state index in [2.05, 4.69) is 5.32 Å². The van der Waals surface area contributed by atoms with Gasteiger partial charge in [0.05, 0.1) is 12.1 Å². The highest BCUT2D eigenvalue weighted by atomic mass is 19.4. The van der Waals surface area contributed by atoms with Crippen LogP contribution in [-0.4, -0.2) is 25.4 Å². The van der Waals surface area contributed by atoms with Gasteiger partial charge in [-0.15, -0.1) is 0 Å². The zero-order chi connectivity index (χ0) is 14.8. The highest BCUT2D eigenvalue weighted by molar-refractivity contribution is 5.32. The molecule has 5 heteroatoms. The minimum atomic E-state index is -4.32. The van der Waals surface area contributed by atoms with Gasteiger partial charge in [-0.25, -0.2) is 0 Å². The number of benzene rings is 1. The molecule has 2 nitrogen and oxygen atoms in total. The molecule has 1 aromatic carbocycles. The van der Waals surface area contributed by atoms with Crippen molar-refractivity contribution < 1.29 is 17.9 Å². The molecule has 0 aromatic heterocycles. The van der Waals surface area contributed by atoms with Crippen LogP contribution >= 0.6 is 0 Å². The van der Waals surface area contributed by atoms with Gasteiger partial charge in [0.1, 0.15) is 0 Å². The van der Waals surface area contributed by atoms with Crippen molar-refractivity contribution in [2.45, 2.75) is 50.6 Å². The summed E-state index contributed by atoms with van der Waals surface area (Å²) >= 11 is 0. The van der Waals surface area contributed by atoms with Gasteiger partial charge in [0.25, 0.3) is 0 Å². The number of aryl methyl sites for hydroxylation is 1. The third kappa shape index (κ3) is 3.33. The van der Waals surface area contributed by atoms with Gasteiger partial charge in [-0.05, 0) is 44.4 Å². The lowest BCUT2D eigenvalue weighted by molar-refractivity contribution is -0.230. The van der Waals surface area contributed by atoms with Crippen molar-refractivity contribution in [3.63, 3.8) is 0 Å². The molecule has 20 heavy (non-hydrogen) atoms. The third-order valence-corrected chi connectivity index (χ3v) is 3.85. The van der Waals surface area contributed by atoms with Crippen LogP contribution in [-0.2, 0) is 11.2 Å². The predicted molar refractivity (Wildman–Crippen MR) is 71.6 cm³/mol. The van der Waals surface area contributed by atoms with E-state index in [1.165, 1.54) is 5.56 Å². The number of nitrogens with one attached hydrogen (secondary N) is 1. The lowest BCUT2D eigenvalue weighted by Gasteiger charge is -2.30. The van der Waals surface area contributed by atoms with Crippen LogP contribution in [0.5, 0.6) is 0 Å². The van der Waals surface area contributed by atoms with Crippen LogP contribution in [0.4, 0.5) is 13.2 Å². The average molecular weight is 287 g/mol. The molecular formula is C15H20F3NO. The van der Waals surface area contributed by atoms with Gasteiger partial charge < -0.3 is 10.1 Å². The summed E-state index contributed by atoms with van der Waals surface area (Å²) in [5.41, 5.74) is 2.24. The Morgan fingerprint density at radius 1 is 1.30 bits per heavy atom. The Balaban J connectivity index is 2.22. The number of ether oxygens (including phenoxy) is 1. The maximum Gasteiger partial charge on any atom is 0.414 e. The van der Waals surface area contributed by atoms with Gasteiger partial charge in [0.15, 0.2) is 6.10 Å². The first kappa shape index (κ1) is 15.3. The number of fused-ring (bicyclic) bond motifs is 1. The van der Waals surface area contributed by atoms with E-state index in [0.29, 0.717) is 6.42 Å². The molecule has 3 unspecified atom stereocenters.